The topological polar surface area (TPSA) is 49.6 Å². The van der Waals surface area contributed by atoms with E-state index in [0.717, 1.165) is 72.5 Å². The van der Waals surface area contributed by atoms with Gasteiger partial charge in [-0.25, -0.2) is 0 Å². The molecule has 1 fully saturated rings. The molecule has 5 nitrogen and oxygen atoms in total. The fraction of sp³-hybridized carbons (Fsp3) is 0.391. The van der Waals surface area contributed by atoms with Crippen LogP contribution < -0.4 is 0 Å². The first kappa shape index (κ1) is 18.7. The summed E-state index contributed by atoms with van der Waals surface area (Å²) in [4.78, 5) is 21.8. The lowest BCUT2D eigenvalue weighted by molar-refractivity contribution is 0.0608. The van der Waals surface area contributed by atoms with Crippen molar-refractivity contribution in [1.29, 1.82) is 0 Å². The Balaban J connectivity index is 1.41. The summed E-state index contributed by atoms with van der Waals surface area (Å²) < 4.78 is 5.99. The van der Waals surface area contributed by atoms with Gasteiger partial charge in [-0.3, -0.25) is 14.7 Å². The number of aromatic nitrogens is 1. The van der Waals surface area contributed by atoms with E-state index in [1.807, 2.05) is 36.2 Å². The van der Waals surface area contributed by atoms with Crippen molar-refractivity contribution < 1.29 is 9.21 Å². The van der Waals surface area contributed by atoms with Crippen LogP contribution in [0.5, 0.6) is 0 Å². The Morgan fingerprint density at radius 2 is 1.89 bits per heavy atom. The van der Waals surface area contributed by atoms with Crippen molar-refractivity contribution in [2.24, 2.45) is 0 Å². The summed E-state index contributed by atoms with van der Waals surface area (Å²) >= 11 is 0. The van der Waals surface area contributed by atoms with Crippen LogP contribution in [0, 0.1) is 20.8 Å². The normalized spacial score (nSPS) is 15.3. The van der Waals surface area contributed by atoms with E-state index in [-0.39, 0.29) is 5.91 Å². The van der Waals surface area contributed by atoms with Crippen molar-refractivity contribution in [3.63, 3.8) is 0 Å². The fourth-order valence-corrected chi connectivity index (χ4v) is 4.13. The molecule has 5 heteroatoms. The van der Waals surface area contributed by atoms with Gasteiger partial charge in [0.1, 0.15) is 5.58 Å². The Kier molecular flexibility index (Phi) is 5.18. The number of amides is 1. The molecule has 2 aromatic heterocycles. The van der Waals surface area contributed by atoms with Gasteiger partial charge in [0, 0.05) is 62.0 Å². The molecule has 0 radical (unpaired) electrons. The maximum atomic E-state index is 13.1. The van der Waals surface area contributed by atoms with Gasteiger partial charge in [-0.05, 0) is 50.1 Å². The number of hydrogen-bond donors (Lipinski definition) is 0. The summed E-state index contributed by atoms with van der Waals surface area (Å²) in [5, 5.41) is 1.07. The molecule has 1 aliphatic heterocycles. The van der Waals surface area contributed by atoms with Crippen molar-refractivity contribution in [2.45, 2.75) is 27.2 Å². The Labute approximate surface area is 166 Å². The highest BCUT2D eigenvalue weighted by Crippen LogP contribution is 2.30. The first-order valence-corrected chi connectivity index (χ1v) is 9.95. The van der Waals surface area contributed by atoms with Crippen LogP contribution in [0.3, 0.4) is 0 Å². The van der Waals surface area contributed by atoms with Gasteiger partial charge >= 0.3 is 0 Å². The zero-order valence-electron chi connectivity index (χ0n) is 16.9. The number of carbonyl (C=O) groups is 1. The second-order valence-corrected chi connectivity index (χ2v) is 7.72. The number of furan rings is 1. The van der Waals surface area contributed by atoms with Crippen molar-refractivity contribution in [3.05, 3.63) is 64.7 Å². The van der Waals surface area contributed by atoms with Crippen LogP contribution in [0.1, 0.15) is 32.9 Å². The monoisotopic (exact) mass is 377 g/mol. The van der Waals surface area contributed by atoms with E-state index in [9.17, 15) is 4.79 Å². The first-order chi connectivity index (χ1) is 13.5. The number of benzene rings is 1. The smallest absolute Gasteiger partial charge is 0.289 e. The van der Waals surface area contributed by atoms with Gasteiger partial charge in [0.15, 0.2) is 5.76 Å². The third kappa shape index (κ3) is 3.67. The molecule has 1 aromatic carbocycles. The van der Waals surface area contributed by atoms with E-state index in [1.54, 1.807) is 0 Å². The number of aryl methyl sites for hydroxylation is 3. The van der Waals surface area contributed by atoms with E-state index in [0.29, 0.717) is 5.76 Å². The lowest BCUT2D eigenvalue weighted by Gasteiger charge is -2.34. The maximum Gasteiger partial charge on any atom is 0.289 e. The molecule has 0 saturated carbocycles. The molecule has 1 amide bonds. The predicted molar refractivity (Wildman–Crippen MR) is 111 cm³/mol. The minimum Gasteiger partial charge on any atom is -0.451 e. The van der Waals surface area contributed by atoms with E-state index in [1.165, 1.54) is 0 Å². The van der Waals surface area contributed by atoms with Gasteiger partial charge in [-0.1, -0.05) is 12.1 Å². The van der Waals surface area contributed by atoms with Crippen LogP contribution in [0.15, 0.2) is 40.9 Å². The second kappa shape index (κ2) is 7.76. The summed E-state index contributed by atoms with van der Waals surface area (Å²) in [6.45, 7) is 10.3. The Bertz CT molecular complexity index is 986. The first-order valence-electron chi connectivity index (χ1n) is 9.95. The molecule has 0 unspecified atom stereocenters. The van der Waals surface area contributed by atoms with Crippen molar-refractivity contribution in [3.8, 4) is 0 Å². The van der Waals surface area contributed by atoms with E-state index < -0.39 is 0 Å². The summed E-state index contributed by atoms with van der Waals surface area (Å²) in [5.74, 6) is 0.501. The third-order valence-electron chi connectivity index (χ3n) is 5.64. The van der Waals surface area contributed by atoms with Crippen molar-refractivity contribution in [1.82, 2.24) is 14.8 Å². The van der Waals surface area contributed by atoms with E-state index in [4.69, 9.17) is 4.42 Å². The van der Waals surface area contributed by atoms with Gasteiger partial charge < -0.3 is 9.32 Å². The maximum absolute atomic E-state index is 13.1. The van der Waals surface area contributed by atoms with E-state index >= 15 is 0 Å². The van der Waals surface area contributed by atoms with Gasteiger partial charge in [0.05, 0.1) is 0 Å². The number of pyridine rings is 1. The Morgan fingerprint density at radius 3 is 2.61 bits per heavy atom. The molecule has 0 atom stereocenters. The standard InChI is InChI=1S/C23H27N3O2/c1-16-14-17(2)21-18(3)22(28-20(21)15-16)23(27)26-12-10-25(11-13-26)9-7-19-6-4-5-8-24-19/h4-6,8,14-15H,7,9-13H2,1-3H3. The third-order valence-corrected chi connectivity index (χ3v) is 5.64. The highest BCUT2D eigenvalue weighted by molar-refractivity contribution is 6.00. The number of fused-ring (bicyclic) bond motifs is 1. The SMILES string of the molecule is Cc1cc(C)c2c(C)c(C(=O)N3CCN(CCc4ccccn4)CC3)oc2c1. The molecule has 0 N–H and O–H groups in total. The van der Waals surface area contributed by atoms with Gasteiger partial charge in [-0.2, -0.15) is 0 Å². The molecule has 1 saturated heterocycles. The molecular weight excluding hydrogens is 350 g/mol. The second-order valence-electron chi connectivity index (χ2n) is 7.72. The summed E-state index contributed by atoms with van der Waals surface area (Å²) in [7, 11) is 0. The Hall–Kier alpha value is -2.66. The molecular formula is C23H27N3O2. The number of rotatable bonds is 4. The van der Waals surface area contributed by atoms with E-state index in [2.05, 4.69) is 35.9 Å². The predicted octanol–water partition coefficient (Wildman–Crippen LogP) is 3.75. The largest absolute Gasteiger partial charge is 0.451 e. The van der Waals surface area contributed by atoms with Crippen LogP contribution in [0.4, 0.5) is 0 Å². The summed E-state index contributed by atoms with van der Waals surface area (Å²) in [5.41, 5.74) is 5.20. The molecule has 28 heavy (non-hydrogen) atoms. The summed E-state index contributed by atoms with van der Waals surface area (Å²) in [6.07, 6.45) is 2.78. The lowest BCUT2D eigenvalue weighted by atomic mass is 10.0. The number of carbonyl (C=O) groups excluding carboxylic acids is 1. The van der Waals surface area contributed by atoms with Crippen LogP contribution in [0.25, 0.3) is 11.0 Å². The van der Waals surface area contributed by atoms with Gasteiger partial charge in [0.25, 0.3) is 5.91 Å². The number of hydrogen-bond acceptors (Lipinski definition) is 4. The van der Waals surface area contributed by atoms with Crippen LogP contribution >= 0.6 is 0 Å². The summed E-state index contributed by atoms with van der Waals surface area (Å²) in [6, 6.07) is 10.2. The molecule has 0 bridgehead atoms. The lowest BCUT2D eigenvalue weighted by Crippen LogP contribution is -2.49. The molecule has 0 spiro atoms. The van der Waals surface area contributed by atoms with Crippen molar-refractivity contribution >= 4 is 16.9 Å². The molecule has 146 valence electrons. The zero-order valence-corrected chi connectivity index (χ0v) is 16.9. The minimum absolute atomic E-state index is 0.00938. The Morgan fingerprint density at radius 1 is 1.11 bits per heavy atom. The van der Waals surface area contributed by atoms with Gasteiger partial charge in [0.2, 0.25) is 0 Å². The highest BCUT2D eigenvalue weighted by atomic mass is 16.3. The van der Waals surface area contributed by atoms with Crippen LogP contribution in [0.2, 0.25) is 0 Å². The fourth-order valence-electron chi connectivity index (χ4n) is 4.13. The zero-order chi connectivity index (χ0) is 19.7. The van der Waals surface area contributed by atoms with Crippen molar-refractivity contribution in [2.75, 3.05) is 32.7 Å². The molecule has 3 aromatic rings. The number of nitrogens with zero attached hydrogens (tertiary/aromatic N) is 3. The molecule has 3 heterocycles. The quantitative estimate of drug-likeness (QED) is 0.695. The van der Waals surface area contributed by atoms with Gasteiger partial charge in [-0.15, -0.1) is 0 Å². The number of piperazine rings is 1. The molecule has 4 rings (SSSR count). The highest BCUT2D eigenvalue weighted by Gasteiger charge is 2.27. The average Bonchev–Trinajstić information content (AvgIpc) is 3.03. The minimum atomic E-state index is 0.00938. The van der Waals surface area contributed by atoms with Crippen LogP contribution in [-0.2, 0) is 6.42 Å². The molecule has 1 aliphatic rings. The van der Waals surface area contributed by atoms with Crippen LogP contribution in [-0.4, -0.2) is 53.4 Å². The molecule has 0 aliphatic carbocycles. The average molecular weight is 377 g/mol.